The summed E-state index contributed by atoms with van der Waals surface area (Å²) in [6.07, 6.45) is -0.332. The summed E-state index contributed by atoms with van der Waals surface area (Å²) in [6, 6.07) is 0. The van der Waals surface area contributed by atoms with Gasteiger partial charge in [0.1, 0.15) is 0 Å². The fourth-order valence-corrected chi connectivity index (χ4v) is 1.53. The molecular weight excluding hydrogens is 226 g/mol. The Kier molecular flexibility index (Phi) is 5.21. The second-order valence-electron chi connectivity index (χ2n) is 4.54. The Hall–Kier alpha value is -1.30. The molecule has 2 atom stereocenters. The monoisotopic (exact) mass is 245 g/mol. The summed E-state index contributed by atoms with van der Waals surface area (Å²) >= 11 is 0. The van der Waals surface area contributed by atoms with Crippen LogP contribution < -0.4 is 5.32 Å². The van der Waals surface area contributed by atoms with E-state index in [1.165, 1.54) is 0 Å². The van der Waals surface area contributed by atoms with Crippen molar-refractivity contribution in [2.24, 2.45) is 5.92 Å². The summed E-state index contributed by atoms with van der Waals surface area (Å²) in [5, 5.41) is 11.3. The third kappa shape index (κ3) is 5.04. The first-order chi connectivity index (χ1) is 7.99. The molecule has 0 aromatic heterocycles. The molecule has 0 spiro atoms. The Morgan fingerprint density at radius 2 is 2.18 bits per heavy atom. The fourth-order valence-electron chi connectivity index (χ4n) is 1.53. The highest BCUT2D eigenvalue weighted by Gasteiger charge is 2.30. The Bertz CT molecular complexity index is 279. The first-order valence-electron chi connectivity index (χ1n) is 5.78. The summed E-state index contributed by atoms with van der Waals surface area (Å²) in [6.45, 7) is 4.56. The largest absolute Gasteiger partial charge is 0.479 e. The second-order valence-corrected chi connectivity index (χ2v) is 4.54. The molecular formula is C11H19NO5. The third-order valence-corrected chi connectivity index (χ3v) is 2.40. The van der Waals surface area contributed by atoms with Gasteiger partial charge in [0.2, 0.25) is 0 Å². The van der Waals surface area contributed by atoms with Crippen molar-refractivity contribution in [1.29, 1.82) is 0 Å². The van der Waals surface area contributed by atoms with Crippen molar-refractivity contribution in [3.05, 3.63) is 0 Å². The maximum absolute atomic E-state index is 11.2. The number of carboxylic acid groups (broad SMARTS) is 1. The van der Waals surface area contributed by atoms with Crippen LogP contribution in [0.5, 0.6) is 0 Å². The minimum atomic E-state index is -0.949. The lowest BCUT2D eigenvalue weighted by Gasteiger charge is -2.13. The lowest BCUT2D eigenvalue weighted by Crippen LogP contribution is -2.34. The second kappa shape index (κ2) is 6.44. The molecule has 1 saturated heterocycles. The molecule has 0 aliphatic carbocycles. The number of aliphatic carboxylic acids is 1. The van der Waals surface area contributed by atoms with Gasteiger partial charge in [0.05, 0.1) is 12.7 Å². The van der Waals surface area contributed by atoms with Crippen molar-refractivity contribution in [2.75, 3.05) is 13.2 Å². The first-order valence-corrected chi connectivity index (χ1v) is 5.78. The van der Waals surface area contributed by atoms with Crippen LogP contribution in [0.4, 0.5) is 4.79 Å². The zero-order valence-corrected chi connectivity index (χ0v) is 10.1. The molecule has 0 radical (unpaired) electrons. The smallest absolute Gasteiger partial charge is 0.407 e. The van der Waals surface area contributed by atoms with E-state index in [9.17, 15) is 9.59 Å². The average molecular weight is 245 g/mol. The van der Waals surface area contributed by atoms with Crippen molar-refractivity contribution < 1.29 is 24.2 Å². The van der Waals surface area contributed by atoms with Crippen LogP contribution in [0.2, 0.25) is 0 Å². The van der Waals surface area contributed by atoms with E-state index in [1.54, 1.807) is 0 Å². The minimum absolute atomic E-state index is 0.234. The van der Waals surface area contributed by atoms with E-state index in [4.69, 9.17) is 14.6 Å². The van der Waals surface area contributed by atoms with E-state index in [0.29, 0.717) is 31.9 Å². The molecule has 17 heavy (non-hydrogen) atoms. The normalized spacial score (nSPS) is 23.7. The van der Waals surface area contributed by atoms with Gasteiger partial charge in [-0.2, -0.15) is 0 Å². The van der Waals surface area contributed by atoms with Gasteiger partial charge in [-0.25, -0.2) is 9.59 Å². The molecule has 1 amide bonds. The summed E-state index contributed by atoms with van der Waals surface area (Å²) in [7, 11) is 0. The molecule has 6 nitrogen and oxygen atoms in total. The number of hydrogen-bond acceptors (Lipinski definition) is 4. The molecule has 0 aromatic rings. The molecule has 2 N–H and O–H groups in total. The fraction of sp³-hybridized carbons (Fsp3) is 0.818. The van der Waals surface area contributed by atoms with Gasteiger partial charge in [-0.15, -0.1) is 0 Å². The molecule has 0 aromatic carbocycles. The molecule has 1 heterocycles. The molecule has 2 unspecified atom stereocenters. The van der Waals surface area contributed by atoms with Crippen molar-refractivity contribution in [2.45, 2.75) is 38.9 Å². The van der Waals surface area contributed by atoms with Crippen molar-refractivity contribution in [3.63, 3.8) is 0 Å². The Morgan fingerprint density at radius 1 is 1.47 bits per heavy atom. The van der Waals surface area contributed by atoms with Gasteiger partial charge < -0.3 is 19.9 Å². The van der Waals surface area contributed by atoms with E-state index in [1.807, 2.05) is 13.8 Å². The van der Waals surface area contributed by atoms with Gasteiger partial charge in [-0.3, -0.25) is 0 Å². The number of ether oxygens (including phenoxy) is 2. The molecule has 1 aliphatic heterocycles. The van der Waals surface area contributed by atoms with Crippen molar-refractivity contribution in [3.8, 4) is 0 Å². The number of nitrogens with one attached hydrogen (secondary N) is 1. The Balaban J connectivity index is 2.15. The minimum Gasteiger partial charge on any atom is -0.479 e. The highest BCUT2D eigenvalue weighted by Crippen LogP contribution is 2.19. The van der Waals surface area contributed by atoms with Gasteiger partial charge in [0, 0.05) is 6.54 Å². The van der Waals surface area contributed by atoms with Gasteiger partial charge in [0.15, 0.2) is 6.10 Å². The van der Waals surface area contributed by atoms with Gasteiger partial charge in [-0.05, 0) is 18.8 Å². The number of rotatable bonds is 5. The molecule has 1 fully saturated rings. The predicted molar refractivity (Wildman–Crippen MR) is 59.7 cm³/mol. The molecule has 0 bridgehead atoms. The summed E-state index contributed by atoms with van der Waals surface area (Å²) in [4.78, 5) is 21.8. The van der Waals surface area contributed by atoms with E-state index in [2.05, 4.69) is 5.32 Å². The van der Waals surface area contributed by atoms with E-state index in [-0.39, 0.29) is 6.10 Å². The zero-order chi connectivity index (χ0) is 12.8. The molecule has 1 aliphatic rings. The summed E-state index contributed by atoms with van der Waals surface area (Å²) < 4.78 is 10.1. The molecule has 1 rings (SSSR count). The van der Waals surface area contributed by atoms with Crippen LogP contribution in [0.25, 0.3) is 0 Å². The lowest BCUT2D eigenvalue weighted by atomic mass is 10.2. The topological polar surface area (TPSA) is 84.9 Å². The van der Waals surface area contributed by atoms with Gasteiger partial charge in [-0.1, -0.05) is 13.8 Å². The summed E-state index contributed by atoms with van der Waals surface area (Å²) in [5.41, 5.74) is 0. The number of hydrogen-bond donors (Lipinski definition) is 2. The van der Waals surface area contributed by atoms with Crippen LogP contribution in [0, 0.1) is 5.92 Å². The van der Waals surface area contributed by atoms with Crippen LogP contribution in [-0.4, -0.2) is 42.5 Å². The number of amides is 1. The number of alkyl carbamates (subject to hydrolysis) is 1. The van der Waals surface area contributed by atoms with Gasteiger partial charge in [0.25, 0.3) is 0 Å². The van der Waals surface area contributed by atoms with Gasteiger partial charge >= 0.3 is 12.1 Å². The average Bonchev–Trinajstić information content (AvgIpc) is 2.72. The number of carbonyl (C=O) groups excluding carboxylic acids is 1. The number of carbonyl (C=O) groups is 2. The highest BCUT2D eigenvalue weighted by atomic mass is 16.6. The molecule has 98 valence electrons. The van der Waals surface area contributed by atoms with Crippen molar-refractivity contribution in [1.82, 2.24) is 5.32 Å². The summed E-state index contributed by atoms with van der Waals surface area (Å²) in [5.74, 6) is -0.658. The van der Waals surface area contributed by atoms with E-state index >= 15 is 0 Å². The Morgan fingerprint density at radius 3 is 2.71 bits per heavy atom. The Labute approximate surface area is 100 Å². The molecule has 6 heteroatoms. The van der Waals surface area contributed by atoms with Crippen LogP contribution in [0.15, 0.2) is 0 Å². The lowest BCUT2D eigenvalue weighted by molar-refractivity contribution is -0.149. The zero-order valence-electron chi connectivity index (χ0n) is 10.1. The van der Waals surface area contributed by atoms with Crippen LogP contribution >= 0.6 is 0 Å². The number of carboxylic acids is 1. The van der Waals surface area contributed by atoms with Crippen LogP contribution in [-0.2, 0) is 14.3 Å². The van der Waals surface area contributed by atoms with E-state index < -0.39 is 18.2 Å². The highest BCUT2D eigenvalue weighted by molar-refractivity contribution is 5.72. The standard InChI is InChI=1S/C11H19NO5/c1-7(2)6-16-11(15)12-5-8-3-4-9(17-8)10(13)14/h7-9H,3-6H2,1-2H3,(H,12,15)(H,13,14). The maximum atomic E-state index is 11.2. The van der Waals surface area contributed by atoms with E-state index in [0.717, 1.165) is 0 Å². The predicted octanol–water partition coefficient (Wildman–Crippen LogP) is 1.00. The first kappa shape index (κ1) is 13.8. The molecule has 0 saturated carbocycles. The van der Waals surface area contributed by atoms with Crippen LogP contribution in [0.3, 0.4) is 0 Å². The SMILES string of the molecule is CC(C)COC(=O)NCC1CCC(C(=O)O)O1. The quantitative estimate of drug-likeness (QED) is 0.754. The van der Waals surface area contributed by atoms with Crippen LogP contribution in [0.1, 0.15) is 26.7 Å². The third-order valence-electron chi connectivity index (χ3n) is 2.40. The van der Waals surface area contributed by atoms with Crippen molar-refractivity contribution >= 4 is 12.1 Å². The maximum Gasteiger partial charge on any atom is 0.407 e.